The fraction of sp³-hybridized carbons (Fsp3) is 0.600. The second-order valence-corrected chi connectivity index (χ2v) is 5.90. The van der Waals surface area contributed by atoms with E-state index in [0.29, 0.717) is 52.1 Å². The van der Waals surface area contributed by atoms with Crippen molar-refractivity contribution in [3.63, 3.8) is 0 Å². The smallest absolute Gasteiger partial charge is 0.339 e. The van der Waals surface area contributed by atoms with Crippen molar-refractivity contribution < 1.29 is 38.7 Å². The van der Waals surface area contributed by atoms with E-state index < -0.39 is 11.9 Å². The van der Waals surface area contributed by atoms with Gasteiger partial charge in [-0.25, -0.2) is 9.59 Å². The van der Waals surface area contributed by atoms with Gasteiger partial charge in [-0.15, -0.1) is 0 Å². The third-order valence-electron chi connectivity index (χ3n) is 3.67. The van der Waals surface area contributed by atoms with Gasteiger partial charge >= 0.3 is 11.9 Å². The predicted molar refractivity (Wildman–Crippen MR) is 101 cm³/mol. The molecule has 28 heavy (non-hydrogen) atoms. The number of carbonyl (C=O) groups excluding carboxylic acids is 2. The lowest BCUT2D eigenvalue weighted by Gasteiger charge is -2.10. The largest absolute Gasteiger partial charge is 0.462 e. The number of benzene rings is 1. The standard InChI is InChI=1S/C20H30O8/c21-9-15-25-11-3-5-13-27-19(23)17-7-1-2-8-18(17)20(24)28-14-6-4-12-26-16-10-22/h1-2,7-8,21-22H,3-6,9-16H2. The van der Waals surface area contributed by atoms with Crippen LogP contribution in [0.3, 0.4) is 0 Å². The number of unbranched alkanes of at least 4 members (excludes halogenated alkanes) is 2. The van der Waals surface area contributed by atoms with Crippen LogP contribution >= 0.6 is 0 Å². The molecule has 0 bridgehead atoms. The molecule has 0 aliphatic heterocycles. The van der Waals surface area contributed by atoms with E-state index in [4.69, 9.17) is 29.2 Å². The Bertz CT molecular complexity index is 512. The summed E-state index contributed by atoms with van der Waals surface area (Å²) in [6.07, 6.45) is 2.67. The molecule has 0 unspecified atom stereocenters. The molecule has 0 atom stereocenters. The summed E-state index contributed by atoms with van der Waals surface area (Å²) in [5.41, 5.74) is 0.352. The number of rotatable bonds is 16. The molecule has 8 heteroatoms. The molecule has 0 saturated carbocycles. The van der Waals surface area contributed by atoms with Gasteiger partial charge in [-0.05, 0) is 37.8 Å². The van der Waals surface area contributed by atoms with Gasteiger partial charge in [-0.2, -0.15) is 0 Å². The van der Waals surface area contributed by atoms with Gasteiger partial charge in [-0.1, -0.05) is 12.1 Å². The SMILES string of the molecule is O=C(OCCCCOCCO)c1ccccc1C(=O)OCCCCOCCO. The van der Waals surface area contributed by atoms with Crippen molar-refractivity contribution in [2.75, 3.05) is 52.9 Å². The first-order valence-electron chi connectivity index (χ1n) is 9.51. The van der Waals surface area contributed by atoms with E-state index >= 15 is 0 Å². The molecule has 0 aliphatic rings. The average Bonchev–Trinajstić information content (AvgIpc) is 2.72. The lowest BCUT2D eigenvalue weighted by Crippen LogP contribution is -2.15. The van der Waals surface area contributed by atoms with Gasteiger partial charge < -0.3 is 29.2 Å². The van der Waals surface area contributed by atoms with Crippen molar-refractivity contribution in [1.82, 2.24) is 0 Å². The Hall–Kier alpha value is -2.00. The van der Waals surface area contributed by atoms with Gasteiger partial charge in [0.1, 0.15) is 0 Å². The Morgan fingerprint density at radius 2 is 1.04 bits per heavy atom. The molecule has 0 fully saturated rings. The Labute approximate surface area is 165 Å². The van der Waals surface area contributed by atoms with Crippen LogP contribution < -0.4 is 0 Å². The van der Waals surface area contributed by atoms with Crippen LogP contribution in [0.15, 0.2) is 24.3 Å². The molecule has 158 valence electrons. The number of hydrogen-bond acceptors (Lipinski definition) is 8. The zero-order valence-corrected chi connectivity index (χ0v) is 16.1. The minimum atomic E-state index is -0.568. The molecule has 0 heterocycles. The molecule has 0 aromatic heterocycles. The molecule has 8 nitrogen and oxygen atoms in total. The maximum Gasteiger partial charge on any atom is 0.339 e. The first kappa shape index (κ1) is 24.0. The number of aliphatic hydroxyl groups is 2. The third-order valence-corrected chi connectivity index (χ3v) is 3.67. The predicted octanol–water partition coefficient (Wildman–Crippen LogP) is 1.58. The van der Waals surface area contributed by atoms with Crippen LogP contribution in [0.2, 0.25) is 0 Å². The first-order chi connectivity index (χ1) is 13.7. The summed E-state index contributed by atoms with van der Waals surface area (Å²) in [7, 11) is 0. The number of ether oxygens (including phenoxy) is 4. The second kappa shape index (κ2) is 16.0. The fourth-order valence-corrected chi connectivity index (χ4v) is 2.27. The zero-order valence-electron chi connectivity index (χ0n) is 16.1. The van der Waals surface area contributed by atoms with E-state index in [1.54, 1.807) is 12.1 Å². The number of aliphatic hydroxyl groups excluding tert-OH is 2. The minimum absolute atomic E-state index is 0.0145. The highest BCUT2D eigenvalue weighted by Gasteiger charge is 2.18. The molecule has 2 N–H and O–H groups in total. The summed E-state index contributed by atoms with van der Waals surface area (Å²) in [6, 6.07) is 6.39. The Morgan fingerprint density at radius 3 is 1.43 bits per heavy atom. The molecule has 0 aliphatic carbocycles. The van der Waals surface area contributed by atoms with E-state index in [-0.39, 0.29) is 37.6 Å². The third kappa shape index (κ3) is 10.4. The lowest BCUT2D eigenvalue weighted by molar-refractivity contribution is 0.0428. The van der Waals surface area contributed by atoms with Gasteiger partial charge in [0, 0.05) is 13.2 Å². The summed E-state index contributed by atoms with van der Waals surface area (Å²) in [6.45, 7) is 1.99. The summed E-state index contributed by atoms with van der Waals surface area (Å²) in [5.74, 6) is -1.14. The van der Waals surface area contributed by atoms with Crippen molar-refractivity contribution in [1.29, 1.82) is 0 Å². The van der Waals surface area contributed by atoms with Gasteiger partial charge in [0.2, 0.25) is 0 Å². The summed E-state index contributed by atoms with van der Waals surface area (Å²) < 4.78 is 20.7. The maximum atomic E-state index is 12.3. The number of esters is 2. The van der Waals surface area contributed by atoms with E-state index in [9.17, 15) is 9.59 Å². The van der Waals surface area contributed by atoms with Crippen molar-refractivity contribution in [3.8, 4) is 0 Å². The van der Waals surface area contributed by atoms with Crippen LogP contribution in [0.25, 0.3) is 0 Å². The molecule has 0 amide bonds. The van der Waals surface area contributed by atoms with E-state index in [0.717, 1.165) is 0 Å². The molecular formula is C20H30O8. The normalized spacial score (nSPS) is 10.6. The van der Waals surface area contributed by atoms with Crippen molar-refractivity contribution >= 4 is 11.9 Å². The Kier molecular flexibility index (Phi) is 13.7. The van der Waals surface area contributed by atoms with Crippen molar-refractivity contribution in [2.45, 2.75) is 25.7 Å². The number of hydrogen-bond donors (Lipinski definition) is 2. The van der Waals surface area contributed by atoms with E-state index in [1.807, 2.05) is 0 Å². The highest BCUT2D eigenvalue weighted by Crippen LogP contribution is 2.13. The summed E-state index contributed by atoms with van der Waals surface area (Å²) >= 11 is 0. The van der Waals surface area contributed by atoms with Crippen LogP contribution in [0.5, 0.6) is 0 Å². The Balaban J connectivity index is 2.35. The highest BCUT2D eigenvalue weighted by atomic mass is 16.5. The molecule has 1 aromatic carbocycles. The van der Waals surface area contributed by atoms with Crippen LogP contribution in [-0.4, -0.2) is 75.0 Å². The van der Waals surface area contributed by atoms with E-state index in [1.165, 1.54) is 12.1 Å². The minimum Gasteiger partial charge on any atom is -0.462 e. The molecule has 0 spiro atoms. The van der Waals surface area contributed by atoms with Gasteiger partial charge in [-0.3, -0.25) is 0 Å². The van der Waals surface area contributed by atoms with Crippen molar-refractivity contribution in [3.05, 3.63) is 35.4 Å². The monoisotopic (exact) mass is 398 g/mol. The fourth-order valence-electron chi connectivity index (χ4n) is 2.27. The molecule has 1 rings (SSSR count). The second-order valence-electron chi connectivity index (χ2n) is 5.90. The first-order valence-corrected chi connectivity index (χ1v) is 9.51. The zero-order chi connectivity index (χ0) is 20.5. The molecular weight excluding hydrogens is 368 g/mol. The highest BCUT2D eigenvalue weighted by molar-refractivity contribution is 6.03. The quantitative estimate of drug-likeness (QED) is 0.319. The topological polar surface area (TPSA) is 112 Å². The van der Waals surface area contributed by atoms with Gasteiger partial charge in [0.25, 0.3) is 0 Å². The van der Waals surface area contributed by atoms with Gasteiger partial charge in [0.05, 0.1) is 50.8 Å². The van der Waals surface area contributed by atoms with Crippen LogP contribution in [0, 0.1) is 0 Å². The van der Waals surface area contributed by atoms with Crippen LogP contribution in [0.1, 0.15) is 46.4 Å². The van der Waals surface area contributed by atoms with Gasteiger partial charge in [0.15, 0.2) is 0 Å². The van der Waals surface area contributed by atoms with Crippen LogP contribution in [-0.2, 0) is 18.9 Å². The number of carbonyl (C=O) groups is 2. The van der Waals surface area contributed by atoms with Crippen molar-refractivity contribution in [2.24, 2.45) is 0 Å². The molecule has 0 radical (unpaired) electrons. The van der Waals surface area contributed by atoms with Crippen LogP contribution in [0.4, 0.5) is 0 Å². The summed E-state index contributed by atoms with van der Waals surface area (Å²) in [4.78, 5) is 24.5. The lowest BCUT2D eigenvalue weighted by atomic mass is 10.1. The van der Waals surface area contributed by atoms with E-state index in [2.05, 4.69) is 0 Å². The molecule has 1 aromatic rings. The average molecular weight is 398 g/mol. The Morgan fingerprint density at radius 1 is 0.643 bits per heavy atom. The summed E-state index contributed by atoms with van der Waals surface area (Å²) in [5, 5.41) is 17.2. The maximum absolute atomic E-state index is 12.3. The molecule has 0 saturated heterocycles.